The summed E-state index contributed by atoms with van der Waals surface area (Å²) >= 11 is 0. The normalized spacial score (nSPS) is 11.2. The number of nitrogens with one attached hydrogen (secondary N) is 2. The van der Waals surface area contributed by atoms with Gasteiger partial charge in [0, 0.05) is 13.1 Å². The first-order valence-corrected chi connectivity index (χ1v) is 15.7. The maximum absolute atomic E-state index is 11.6. The molecule has 1 amide bonds. The molecule has 0 saturated heterocycles. The van der Waals surface area contributed by atoms with Gasteiger partial charge in [-0.1, -0.05) is 30.3 Å². The standard InChI is InChI=1S/C31H56N2O12/c1-32-7-9-35-11-13-37-15-17-39-19-21-41-23-25-43-27-28-44-26-24-42-22-20-40-18-16-38-14-12-36-10-8-33-31(34)45-29-30-5-3-2-4-6-30/h2-6,32H,7-29H2,1H3,(H,33,34). The minimum atomic E-state index is -0.468. The molecule has 0 heterocycles. The van der Waals surface area contributed by atoms with Crippen molar-refractivity contribution in [3.8, 4) is 0 Å². The highest BCUT2D eigenvalue weighted by atomic mass is 16.6. The van der Waals surface area contributed by atoms with Gasteiger partial charge < -0.3 is 62.7 Å². The van der Waals surface area contributed by atoms with E-state index in [0.717, 1.165) is 12.1 Å². The van der Waals surface area contributed by atoms with Crippen LogP contribution >= 0.6 is 0 Å². The summed E-state index contributed by atoms with van der Waals surface area (Å²) in [5.74, 6) is 0. The number of benzene rings is 1. The van der Waals surface area contributed by atoms with Crippen LogP contribution in [0.25, 0.3) is 0 Å². The molecule has 0 unspecified atom stereocenters. The molecular weight excluding hydrogens is 592 g/mol. The second-order valence-corrected chi connectivity index (χ2v) is 9.22. The molecule has 0 saturated carbocycles. The van der Waals surface area contributed by atoms with Crippen LogP contribution in [0, 0.1) is 0 Å². The topological polar surface area (TPSA) is 143 Å². The Balaban J connectivity index is 1.64. The van der Waals surface area contributed by atoms with Crippen LogP contribution in [0.3, 0.4) is 0 Å². The lowest BCUT2D eigenvalue weighted by Crippen LogP contribution is -2.28. The molecule has 0 spiro atoms. The van der Waals surface area contributed by atoms with Crippen LogP contribution in [-0.4, -0.2) is 158 Å². The first-order valence-electron chi connectivity index (χ1n) is 15.7. The molecule has 0 aliphatic heterocycles. The second-order valence-electron chi connectivity index (χ2n) is 9.22. The van der Waals surface area contributed by atoms with E-state index < -0.39 is 6.09 Å². The molecule has 14 heteroatoms. The fourth-order valence-corrected chi connectivity index (χ4v) is 3.25. The van der Waals surface area contributed by atoms with Crippen LogP contribution in [0.4, 0.5) is 4.79 Å². The smallest absolute Gasteiger partial charge is 0.407 e. The van der Waals surface area contributed by atoms with Gasteiger partial charge in [0.15, 0.2) is 0 Å². The summed E-state index contributed by atoms with van der Waals surface area (Å²) < 4.78 is 59.5. The van der Waals surface area contributed by atoms with E-state index in [1.807, 2.05) is 37.4 Å². The summed E-state index contributed by atoms with van der Waals surface area (Å²) in [6.45, 7) is 11.6. The minimum absolute atomic E-state index is 0.239. The quantitative estimate of drug-likeness (QED) is 0.102. The summed E-state index contributed by atoms with van der Waals surface area (Å²) in [4.78, 5) is 11.6. The molecule has 45 heavy (non-hydrogen) atoms. The average Bonchev–Trinajstić information content (AvgIpc) is 3.06. The monoisotopic (exact) mass is 648 g/mol. The summed E-state index contributed by atoms with van der Waals surface area (Å²) in [6, 6.07) is 9.51. The van der Waals surface area contributed by atoms with Gasteiger partial charge in [0.2, 0.25) is 0 Å². The number of carbonyl (C=O) groups excluding carboxylic acids is 1. The highest BCUT2D eigenvalue weighted by Crippen LogP contribution is 2.00. The van der Waals surface area contributed by atoms with Crippen LogP contribution in [-0.2, 0) is 58.7 Å². The lowest BCUT2D eigenvalue weighted by Gasteiger charge is -2.09. The molecule has 1 aromatic rings. The summed E-state index contributed by atoms with van der Waals surface area (Å²) in [6.07, 6.45) is -0.468. The predicted molar refractivity (Wildman–Crippen MR) is 167 cm³/mol. The minimum Gasteiger partial charge on any atom is -0.445 e. The Morgan fingerprint density at radius 3 is 1.11 bits per heavy atom. The van der Waals surface area contributed by atoms with Gasteiger partial charge in [-0.25, -0.2) is 4.79 Å². The van der Waals surface area contributed by atoms with Gasteiger partial charge in [-0.15, -0.1) is 0 Å². The van der Waals surface area contributed by atoms with Crippen molar-refractivity contribution in [1.82, 2.24) is 10.6 Å². The number of hydrogen-bond donors (Lipinski definition) is 2. The van der Waals surface area contributed by atoms with Crippen LogP contribution in [0.1, 0.15) is 5.56 Å². The van der Waals surface area contributed by atoms with Gasteiger partial charge in [0.25, 0.3) is 0 Å². The van der Waals surface area contributed by atoms with Crippen LogP contribution in [0.15, 0.2) is 30.3 Å². The number of hydrogen-bond acceptors (Lipinski definition) is 13. The first-order chi connectivity index (χ1) is 22.3. The van der Waals surface area contributed by atoms with E-state index in [1.54, 1.807) is 0 Å². The fraction of sp³-hybridized carbons (Fsp3) is 0.774. The first kappa shape index (κ1) is 41.1. The van der Waals surface area contributed by atoms with Crippen molar-refractivity contribution in [3.63, 3.8) is 0 Å². The number of amides is 1. The Labute approximate surface area is 268 Å². The fourth-order valence-electron chi connectivity index (χ4n) is 3.25. The van der Waals surface area contributed by atoms with E-state index in [0.29, 0.717) is 139 Å². The van der Waals surface area contributed by atoms with E-state index in [2.05, 4.69) is 10.6 Å². The number of rotatable bonds is 35. The van der Waals surface area contributed by atoms with Gasteiger partial charge in [-0.2, -0.15) is 0 Å². The molecule has 262 valence electrons. The molecule has 14 nitrogen and oxygen atoms in total. The summed E-state index contributed by atoms with van der Waals surface area (Å²) in [5.41, 5.74) is 0.939. The maximum Gasteiger partial charge on any atom is 0.407 e. The number of ether oxygens (including phenoxy) is 11. The predicted octanol–water partition coefficient (Wildman–Crippen LogP) is 1.30. The van der Waals surface area contributed by atoms with Gasteiger partial charge in [-0.05, 0) is 12.6 Å². The van der Waals surface area contributed by atoms with Crippen molar-refractivity contribution in [2.75, 3.05) is 152 Å². The van der Waals surface area contributed by atoms with Crippen LogP contribution in [0.5, 0.6) is 0 Å². The third-order valence-corrected chi connectivity index (χ3v) is 5.57. The van der Waals surface area contributed by atoms with Crippen molar-refractivity contribution < 1.29 is 56.9 Å². The molecule has 0 aliphatic rings. The van der Waals surface area contributed by atoms with Gasteiger partial charge in [0.1, 0.15) is 6.61 Å². The second kappa shape index (κ2) is 34.9. The van der Waals surface area contributed by atoms with Crippen molar-refractivity contribution >= 4 is 6.09 Å². The third-order valence-electron chi connectivity index (χ3n) is 5.57. The molecule has 0 aromatic heterocycles. The molecule has 1 rings (SSSR count). The Bertz CT molecular complexity index is 736. The zero-order valence-corrected chi connectivity index (χ0v) is 27.0. The van der Waals surface area contributed by atoms with Crippen molar-refractivity contribution in [2.45, 2.75) is 6.61 Å². The van der Waals surface area contributed by atoms with Crippen molar-refractivity contribution in [3.05, 3.63) is 35.9 Å². The number of carbonyl (C=O) groups is 1. The molecule has 0 fully saturated rings. The van der Waals surface area contributed by atoms with Gasteiger partial charge >= 0.3 is 6.09 Å². The maximum atomic E-state index is 11.6. The van der Waals surface area contributed by atoms with Crippen molar-refractivity contribution in [1.29, 1.82) is 0 Å². The molecule has 0 aliphatic carbocycles. The van der Waals surface area contributed by atoms with E-state index >= 15 is 0 Å². The lowest BCUT2D eigenvalue weighted by atomic mass is 10.2. The van der Waals surface area contributed by atoms with E-state index in [4.69, 9.17) is 52.1 Å². The highest BCUT2D eigenvalue weighted by Gasteiger charge is 2.02. The summed E-state index contributed by atoms with van der Waals surface area (Å²) in [7, 11) is 1.89. The third kappa shape index (κ3) is 31.8. The molecular formula is C31H56N2O12. The van der Waals surface area contributed by atoms with Crippen LogP contribution < -0.4 is 10.6 Å². The summed E-state index contributed by atoms with van der Waals surface area (Å²) in [5, 5.41) is 5.66. The lowest BCUT2D eigenvalue weighted by molar-refractivity contribution is -0.0263. The Morgan fingerprint density at radius 1 is 0.467 bits per heavy atom. The van der Waals surface area contributed by atoms with E-state index in [1.165, 1.54) is 0 Å². The number of likely N-dealkylation sites (N-methyl/N-ethyl adjacent to an activating group) is 1. The molecule has 0 radical (unpaired) electrons. The highest BCUT2D eigenvalue weighted by molar-refractivity contribution is 5.67. The molecule has 0 bridgehead atoms. The zero-order valence-electron chi connectivity index (χ0n) is 27.0. The molecule has 2 N–H and O–H groups in total. The molecule has 1 aromatic carbocycles. The average molecular weight is 649 g/mol. The number of alkyl carbamates (subject to hydrolysis) is 1. The van der Waals surface area contributed by atoms with Gasteiger partial charge in [-0.3, -0.25) is 0 Å². The largest absolute Gasteiger partial charge is 0.445 e. The van der Waals surface area contributed by atoms with E-state index in [-0.39, 0.29) is 6.61 Å². The zero-order chi connectivity index (χ0) is 32.1. The Hall–Kier alpha value is -1.95. The van der Waals surface area contributed by atoms with Crippen LogP contribution in [0.2, 0.25) is 0 Å². The molecule has 0 atom stereocenters. The van der Waals surface area contributed by atoms with E-state index in [9.17, 15) is 4.79 Å². The van der Waals surface area contributed by atoms with Gasteiger partial charge in [0.05, 0.1) is 132 Å². The Kier molecular flexibility index (Phi) is 31.9. The SMILES string of the molecule is CNCCOCCOCCOCCOCCOCCOCCOCCOCCOCCOCCNC(=O)OCc1ccccc1. The Morgan fingerprint density at radius 2 is 0.778 bits per heavy atom. The van der Waals surface area contributed by atoms with Crippen molar-refractivity contribution in [2.24, 2.45) is 0 Å².